The second-order valence-corrected chi connectivity index (χ2v) is 7.88. The Kier molecular flexibility index (Phi) is 4.24. The van der Waals surface area contributed by atoms with Crippen LogP contribution in [0, 0.1) is 0 Å². The Morgan fingerprint density at radius 1 is 0.452 bits per heavy atom. The normalized spacial score (nSPS) is 18.7. The maximum absolute atomic E-state index is 5.09. The molecular formula is C28H21N3. The molecule has 3 nitrogen and oxygen atoms in total. The summed E-state index contributed by atoms with van der Waals surface area (Å²) in [6.45, 7) is 0. The van der Waals surface area contributed by atoms with Crippen LogP contribution >= 0.6 is 0 Å². The average molecular weight is 399 g/mol. The average Bonchev–Trinajstić information content (AvgIpc) is 3.40. The standard InChI is InChI=1S/C28H21N3/c1-3-11-19(12-4-1)25-21-15-7-9-17-23(21)27(29-25)31-28-24-18-10-8-16-22(24)26(30-28)20-13-5-2-6-14-20/h1-18,25-26H,(H,29,30,31). The van der Waals surface area contributed by atoms with Crippen molar-refractivity contribution in [1.29, 1.82) is 0 Å². The largest absolute Gasteiger partial charge is 0.324 e. The molecular weight excluding hydrogens is 378 g/mol. The summed E-state index contributed by atoms with van der Waals surface area (Å²) in [5, 5.41) is 3.59. The highest BCUT2D eigenvalue weighted by atomic mass is 15.1. The van der Waals surface area contributed by atoms with Crippen LogP contribution < -0.4 is 5.32 Å². The van der Waals surface area contributed by atoms with Crippen LogP contribution in [-0.4, -0.2) is 11.7 Å². The van der Waals surface area contributed by atoms with E-state index >= 15 is 0 Å². The predicted molar refractivity (Wildman–Crippen MR) is 126 cm³/mol. The highest BCUT2D eigenvalue weighted by Gasteiger charge is 2.30. The third-order valence-corrected chi connectivity index (χ3v) is 6.00. The predicted octanol–water partition coefficient (Wildman–Crippen LogP) is 5.68. The van der Waals surface area contributed by atoms with Crippen LogP contribution in [0.1, 0.15) is 45.5 Å². The molecule has 0 fully saturated rings. The molecule has 0 spiro atoms. The van der Waals surface area contributed by atoms with Gasteiger partial charge in [0.05, 0.1) is 0 Å². The van der Waals surface area contributed by atoms with E-state index in [1.54, 1.807) is 0 Å². The van der Waals surface area contributed by atoms with Gasteiger partial charge in [0.1, 0.15) is 23.8 Å². The first-order valence-electron chi connectivity index (χ1n) is 10.6. The van der Waals surface area contributed by atoms with Crippen LogP contribution in [0.3, 0.4) is 0 Å². The fourth-order valence-electron chi connectivity index (χ4n) is 4.53. The van der Waals surface area contributed by atoms with Gasteiger partial charge in [-0.25, -0.2) is 0 Å². The Hall–Kier alpha value is -3.98. The zero-order valence-electron chi connectivity index (χ0n) is 16.9. The van der Waals surface area contributed by atoms with Crippen LogP contribution in [0.15, 0.2) is 119 Å². The lowest BCUT2D eigenvalue weighted by molar-refractivity contribution is 0.889. The molecule has 2 aliphatic heterocycles. The SMILES string of the molecule is c1ccc(C2N=C(NC3=NC(c4ccccc4)c4ccccc43)c3ccccc32)cc1. The number of nitrogens with one attached hydrogen (secondary N) is 1. The van der Waals surface area contributed by atoms with Crippen molar-refractivity contribution < 1.29 is 0 Å². The number of benzene rings is 4. The topological polar surface area (TPSA) is 36.8 Å². The van der Waals surface area contributed by atoms with Crippen molar-refractivity contribution in [2.75, 3.05) is 0 Å². The molecule has 0 radical (unpaired) electrons. The number of hydrogen-bond donors (Lipinski definition) is 1. The van der Waals surface area contributed by atoms with Gasteiger partial charge in [0.25, 0.3) is 0 Å². The van der Waals surface area contributed by atoms with E-state index in [1.165, 1.54) is 22.3 Å². The number of fused-ring (bicyclic) bond motifs is 2. The van der Waals surface area contributed by atoms with E-state index in [9.17, 15) is 0 Å². The third-order valence-electron chi connectivity index (χ3n) is 6.00. The van der Waals surface area contributed by atoms with E-state index in [-0.39, 0.29) is 12.1 Å². The van der Waals surface area contributed by atoms with Gasteiger partial charge in [-0.2, -0.15) is 0 Å². The van der Waals surface area contributed by atoms with Gasteiger partial charge in [-0.15, -0.1) is 0 Å². The van der Waals surface area contributed by atoms with Crippen molar-refractivity contribution in [3.8, 4) is 0 Å². The van der Waals surface area contributed by atoms with Crippen molar-refractivity contribution in [3.63, 3.8) is 0 Å². The fraction of sp³-hybridized carbons (Fsp3) is 0.0714. The minimum Gasteiger partial charge on any atom is -0.324 e. The zero-order chi connectivity index (χ0) is 20.6. The highest BCUT2D eigenvalue weighted by Crippen LogP contribution is 2.37. The molecule has 0 amide bonds. The lowest BCUT2D eigenvalue weighted by Crippen LogP contribution is -2.30. The van der Waals surface area contributed by atoms with E-state index < -0.39 is 0 Å². The summed E-state index contributed by atoms with van der Waals surface area (Å²) in [4.78, 5) is 10.2. The molecule has 2 heterocycles. The molecule has 0 saturated carbocycles. The van der Waals surface area contributed by atoms with E-state index in [1.807, 2.05) is 12.1 Å². The maximum atomic E-state index is 5.09. The van der Waals surface area contributed by atoms with Gasteiger partial charge in [-0.05, 0) is 22.3 Å². The highest BCUT2D eigenvalue weighted by molar-refractivity contribution is 6.17. The van der Waals surface area contributed by atoms with Gasteiger partial charge in [-0.3, -0.25) is 9.98 Å². The molecule has 148 valence electrons. The molecule has 2 unspecified atom stereocenters. The van der Waals surface area contributed by atoms with E-state index in [4.69, 9.17) is 9.98 Å². The minimum atomic E-state index is 0.00191. The summed E-state index contributed by atoms with van der Waals surface area (Å²) in [6.07, 6.45) is 0. The summed E-state index contributed by atoms with van der Waals surface area (Å²) >= 11 is 0. The first kappa shape index (κ1) is 17.8. The zero-order valence-corrected chi connectivity index (χ0v) is 16.9. The Balaban J connectivity index is 1.41. The molecule has 3 heteroatoms. The molecule has 6 rings (SSSR count). The summed E-state index contributed by atoms with van der Waals surface area (Å²) in [5.41, 5.74) is 7.12. The summed E-state index contributed by atoms with van der Waals surface area (Å²) in [5.74, 6) is 1.76. The molecule has 2 atom stereocenters. The first-order valence-corrected chi connectivity index (χ1v) is 10.6. The van der Waals surface area contributed by atoms with Gasteiger partial charge in [0.15, 0.2) is 0 Å². The van der Waals surface area contributed by atoms with Gasteiger partial charge < -0.3 is 5.32 Å². The Morgan fingerprint density at radius 3 is 1.29 bits per heavy atom. The van der Waals surface area contributed by atoms with Gasteiger partial charge in [-0.1, -0.05) is 109 Å². The number of hydrogen-bond acceptors (Lipinski definition) is 3. The van der Waals surface area contributed by atoms with Crippen molar-refractivity contribution in [3.05, 3.63) is 143 Å². The Morgan fingerprint density at radius 2 is 0.839 bits per heavy atom. The third kappa shape index (κ3) is 3.06. The van der Waals surface area contributed by atoms with Crippen molar-refractivity contribution in [2.24, 2.45) is 9.98 Å². The summed E-state index contributed by atoms with van der Waals surface area (Å²) in [6, 6.07) is 37.9. The van der Waals surface area contributed by atoms with Crippen LogP contribution in [0.25, 0.3) is 0 Å². The quantitative estimate of drug-likeness (QED) is 0.463. The maximum Gasteiger partial charge on any atom is 0.135 e. The second-order valence-electron chi connectivity index (χ2n) is 7.88. The van der Waals surface area contributed by atoms with E-state index in [2.05, 4.69) is 102 Å². The second kappa shape index (κ2) is 7.37. The lowest BCUT2D eigenvalue weighted by atomic mass is 9.97. The van der Waals surface area contributed by atoms with Crippen LogP contribution in [0.4, 0.5) is 0 Å². The summed E-state index contributed by atoms with van der Waals surface area (Å²) < 4.78 is 0. The molecule has 1 N–H and O–H groups in total. The monoisotopic (exact) mass is 399 g/mol. The molecule has 0 saturated heterocycles. The van der Waals surface area contributed by atoms with Crippen LogP contribution in [0.2, 0.25) is 0 Å². The summed E-state index contributed by atoms with van der Waals surface area (Å²) in [7, 11) is 0. The Labute approximate surface area is 181 Å². The Bertz CT molecular complexity index is 1200. The molecule has 31 heavy (non-hydrogen) atoms. The van der Waals surface area contributed by atoms with E-state index in [0.717, 1.165) is 22.8 Å². The molecule has 2 aliphatic rings. The minimum absolute atomic E-state index is 0.00191. The molecule has 0 aliphatic carbocycles. The van der Waals surface area contributed by atoms with Gasteiger partial charge >= 0.3 is 0 Å². The number of amidine groups is 2. The lowest BCUT2D eigenvalue weighted by Gasteiger charge is -2.09. The van der Waals surface area contributed by atoms with Crippen LogP contribution in [0.5, 0.6) is 0 Å². The van der Waals surface area contributed by atoms with E-state index in [0.29, 0.717) is 0 Å². The molecule has 0 bridgehead atoms. The number of nitrogens with zero attached hydrogens (tertiary/aromatic N) is 2. The van der Waals surface area contributed by atoms with Crippen molar-refractivity contribution in [1.82, 2.24) is 5.32 Å². The smallest absolute Gasteiger partial charge is 0.135 e. The number of aliphatic imine (C=N–C) groups is 2. The molecule has 0 aromatic heterocycles. The molecule has 4 aromatic rings. The fourth-order valence-corrected chi connectivity index (χ4v) is 4.53. The number of rotatable bonds is 2. The first-order chi connectivity index (χ1) is 15.4. The van der Waals surface area contributed by atoms with Crippen molar-refractivity contribution >= 4 is 11.7 Å². The van der Waals surface area contributed by atoms with Crippen molar-refractivity contribution in [2.45, 2.75) is 12.1 Å². The van der Waals surface area contributed by atoms with Gasteiger partial charge in [0.2, 0.25) is 0 Å². The van der Waals surface area contributed by atoms with Gasteiger partial charge in [0, 0.05) is 11.1 Å². The molecule has 4 aromatic carbocycles. The van der Waals surface area contributed by atoms with Crippen LogP contribution in [-0.2, 0) is 0 Å².